The predicted molar refractivity (Wildman–Crippen MR) is 99.9 cm³/mol. The number of nitrogens with one attached hydrogen (secondary N) is 1. The van der Waals surface area contributed by atoms with E-state index in [-0.39, 0.29) is 0 Å². The Morgan fingerprint density at radius 1 is 0.680 bits per heavy atom. The van der Waals surface area contributed by atoms with Crippen molar-refractivity contribution in [3.8, 4) is 22.4 Å². The highest BCUT2D eigenvalue weighted by molar-refractivity contribution is 6.04. The Kier molecular flexibility index (Phi) is 3.75. The normalized spacial score (nSPS) is 10.7. The van der Waals surface area contributed by atoms with Crippen LogP contribution in [0, 0.1) is 0 Å². The highest BCUT2D eigenvalue weighted by Gasteiger charge is 2.15. The molecule has 1 heterocycles. The van der Waals surface area contributed by atoms with Gasteiger partial charge >= 0.3 is 0 Å². The number of rotatable bonds is 4. The molecule has 3 aromatic carbocycles. The minimum absolute atomic E-state index is 0.628. The zero-order valence-electron chi connectivity index (χ0n) is 13.4. The topological polar surface area (TPSA) is 49.9 Å². The molecule has 4 rings (SSSR count). The second-order valence-corrected chi connectivity index (χ2v) is 5.91. The number of para-hydroxylation sites is 1. The van der Waals surface area contributed by atoms with E-state index in [2.05, 4.69) is 11.1 Å². The van der Waals surface area contributed by atoms with Gasteiger partial charge in [0.2, 0.25) is 0 Å². The van der Waals surface area contributed by atoms with Crippen molar-refractivity contribution >= 4 is 23.5 Å². The molecular formula is C22H15NO2. The van der Waals surface area contributed by atoms with Gasteiger partial charge in [-0.2, -0.15) is 0 Å². The lowest BCUT2D eigenvalue weighted by atomic mass is 9.96. The van der Waals surface area contributed by atoms with Crippen molar-refractivity contribution < 1.29 is 9.59 Å². The molecule has 3 heteroatoms. The van der Waals surface area contributed by atoms with E-state index in [1.807, 2.05) is 54.6 Å². The van der Waals surface area contributed by atoms with Gasteiger partial charge in [0.1, 0.15) is 12.6 Å². The molecule has 0 aliphatic carbocycles. The van der Waals surface area contributed by atoms with E-state index in [1.165, 1.54) is 0 Å². The lowest BCUT2D eigenvalue weighted by Gasteiger charge is -2.07. The summed E-state index contributed by atoms with van der Waals surface area (Å²) in [5.41, 5.74) is 6.15. The Morgan fingerprint density at radius 2 is 1.32 bits per heavy atom. The Hall–Kier alpha value is -3.46. The molecular weight excluding hydrogens is 310 g/mol. The zero-order chi connectivity index (χ0) is 17.2. The molecule has 0 saturated carbocycles. The molecule has 1 aromatic heterocycles. The summed E-state index contributed by atoms with van der Waals surface area (Å²) in [5, 5.41) is 1.08. The number of fused-ring (bicyclic) bond motifs is 1. The molecule has 0 saturated heterocycles. The van der Waals surface area contributed by atoms with Gasteiger partial charge in [0.15, 0.2) is 0 Å². The maximum absolute atomic E-state index is 11.2. The summed E-state index contributed by atoms with van der Waals surface area (Å²) in [7, 11) is 0. The van der Waals surface area contributed by atoms with Crippen LogP contribution in [0.25, 0.3) is 33.3 Å². The minimum atomic E-state index is 0.628. The fourth-order valence-electron chi connectivity index (χ4n) is 3.19. The first kappa shape index (κ1) is 15.1. The van der Waals surface area contributed by atoms with E-state index in [9.17, 15) is 9.59 Å². The second-order valence-electron chi connectivity index (χ2n) is 5.91. The average Bonchev–Trinajstić information content (AvgIpc) is 3.07. The smallest absolute Gasteiger partial charge is 0.150 e. The number of aromatic nitrogens is 1. The van der Waals surface area contributed by atoms with Crippen molar-refractivity contribution in [2.24, 2.45) is 0 Å². The lowest BCUT2D eigenvalue weighted by molar-refractivity contribution is 0.111. The molecule has 0 fully saturated rings. The Morgan fingerprint density at radius 3 is 2.04 bits per heavy atom. The van der Waals surface area contributed by atoms with Crippen molar-refractivity contribution in [2.45, 2.75) is 0 Å². The number of benzene rings is 3. The Labute approximate surface area is 144 Å². The summed E-state index contributed by atoms with van der Waals surface area (Å²) < 4.78 is 0. The van der Waals surface area contributed by atoms with Crippen molar-refractivity contribution in [1.29, 1.82) is 0 Å². The first-order chi connectivity index (χ1) is 12.3. The van der Waals surface area contributed by atoms with Crippen LogP contribution in [0.2, 0.25) is 0 Å². The molecule has 120 valence electrons. The Balaban J connectivity index is 2.04. The van der Waals surface area contributed by atoms with E-state index in [0.717, 1.165) is 45.9 Å². The number of hydrogen-bond donors (Lipinski definition) is 1. The summed E-state index contributed by atoms with van der Waals surface area (Å²) in [6.07, 6.45) is 1.70. The van der Waals surface area contributed by atoms with Gasteiger partial charge in [-0.25, -0.2) is 0 Å². The van der Waals surface area contributed by atoms with Crippen LogP contribution >= 0.6 is 0 Å². The first-order valence-corrected chi connectivity index (χ1v) is 8.02. The second kappa shape index (κ2) is 6.21. The lowest BCUT2D eigenvalue weighted by Crippen LogP contribution is -1.87. The third kappa shape index (κ3) is 2.66. The highest BCUT2D eigenvalue weighted by Crippen LogP contribution is 2.38. The van der Waals surface area contributed by atoms with Crippen LogP contribution in [-0.2, 0) is 0 Å². The number of aromatic amines is 1. The number of aldehydes is 2. The zero-order valence-corrected chi connectivity index (χ0v) is 13.4. The molecule has 0 amide bonds. The number of hydrogen-bond acceptors (Lipinski definition) is 2. The fourth-order valence-corrected chi connectivity index (χ4v) is 3.19. The predicted octanol–water partition coefficient (Wildman–Crippen LogP) is 5.13. The van der Waals surface area contributed by atoms with Gasteiger partial charge in [0.05, 0.1) is 5.69 Å². The van der Waals surface area contributed by atoms with Crippen LogP contribution in [-0.4, -0.2) is 17.6 Å². The molecule has 0 spiro atoms. The van der Waals surface area contributed by atoms with Crippen molar-refractivity contribution in [1.82, 2.24) is 4.98 Å². The summed E-state index contributed by atoms with van der Waals surface area (Å²) >= 11 is 0. The van der Waals surface area contributed by atoms with Gasteiger partial charge < -0.3 is 4.98 Å². The van der Waals surface area contributed by atoms with Gasteiger partial charge in [0, 0.05) is 27.6 Å². The maximum atomic E-state index is 11.2. The summed E-state index contributed by atoms with van der Waals surface area (Å²) in [5.74, 6) is 0. The molecule has 0 unspecified atom stereocenters. The molecule has 0 aliphatic rings. The maximum Gasteiger partial charge on any atom is 0.150 e. The number of carbonyl (C=O) groups is 2. The van der Waals surface area contributed by atoms with Crippen LogP contribution in [0.3, 0.4) is 0 Å². The third-order valence-corrected chi connectivity index (χ3v) is 4.33. The van der Waals surface area contributed by atoms with Gasteiger partial charge in [-0.05, 0) is 29.3 Å². The monoisotopic (exact) mass is 325 g/mol. The van der Waals surface area contributed by atoms with E-state index >= 15 is 0 Å². The molecule has 4 aromatic rings. The summed E-state index contributed by atoms with van der Waals surface area (Å²) in [6, 6.07) is 23.1. The fraction of sp³-hybridized carbons (Fsp3) is 0. The van der Waals surface area contributed by atoms with Crippen LogP contribution in [0.4, 0.5) is 0 Å². The van der Waals surface area contributed by atoms with Crippen LogP contribution < -0.4 is 0 Å². The highest BCUT2D eigenvalue weighted by atomic mass is 16.1. The van der Waals surface area contributed by atoms with E-state index < -0.39 is 0 Å². The molecule has 1 N–H and O–H groups in total. The third-order valence-electron chi connectivity index (χ3n) is 4.33. The van der Waals surface area contributed by atoms with Crippen LogP contribution in [0.1, 0.15) is 20.7 Å². The van der Waals surface area contributed by atoms with Crippen LogP contribution in [0.5, 0.6) is 0 Å². The molecule has 0 atom stereocenters. The number of H-pyrrole nitrogens is 1. The molecule has 25 heavy (non-hydrogen) atoms. The SMILES string of the molecule is O=Cc1cccc(-c2[nH]c3ccccc3c2-c2cccc(C=O)c2)c1. The van der Waals surface area contributed by atoms with Crippen molar-refractivity contribution in [3.63, 3.8) is 0 Å². The van der Waals surface area contributed by atoms with Crippen molar-refractivity contribution in [3.05, 3.63) is 83.9 Å². The first-order valence-electron chi connectivity index (χ1n) is 8.02. The average molecular weight is 325 g/mol. The minimum Gasteiger partial charge on any atom is -0.354 e. The molecule has 0 radical (unpaired) electrons. The summed E-state index contributed by atoms with van der Waals surface area (Å²) in [4.78, 5) is 25.8. The van der Waals surface area contributed by atoms with Gasteiger partial charge in [-0.15, -0.1) is 0 Å². The van der Waals surface area contributed by atoms with Crippen LogP contribution in [0.15, 0.2) is 72.8 Å². The van der Waals surface area contributed by atoms with Gasteiger partial charge in [-0.1, -0.05) is 54.6 Å². The van der Waals surface area contributed by atoms with E-state index in [1.54, 1.807) is 12.1 Å². The van der Waals surface area contributed by atoms with E-state index in [4.69, 9.17) is 0 Å². The molecule has 0 aliphatic heterocycles. The quantitative estimate of drug-likeness (QED) is 0.529. The van der Waals surface area contributed by atoms with E-state index in [0.29, 0.717) is 11.1 Å². The van der Waals surface area contributed by atoms with Gasteiger partial charge in [-0.3, -0.25) is 9.59 Å². The van der Waals surface area contributed by atoms with Gasteiger partial charge in [0.25, 0.3) is 0 Å². The molecule has 0 bridgehead atoms. The number of carbonyl (C=O) groups excluding carboxylic acids is 2. The summed E-state index contributed by atoms with van der Waals surface area (Å²) in [6.45, 7) is 0. The molecule has 3 nitrogen and oxygen atoms in total. The van der Waals surface area contributed by atoms with Crippen molar-refractivity contribution in [2.75, 3.05) is 0 Å². The largest absolute Gasteiger partial charge is 0.354 e. The standard InChI is InChI=1S/C22H15NO2/c24-13-15-5-3-7-17(11-15)21-19-9-1-2-10-20(19)23-22(21)18-8-4-6-16(12-18)14-25/h1-14,23H. The Bertz CT molecular complexity index is 1090.